The van der Waals surface area contributed by atoms with Crippen LogP contribution in [-0.2, 0) is 0 Å². The van der Waals surface area contributed by atoms with E-state index in [0.29, 0.717) is 12.0 Å². The van der Waals surface area contributed by atoms with Gasteiger partial charge in [0.2, 0.25) is 5.75 Å². The van der Waals surface area contributed by atoms with Crippen LogP contribution in [-0.4, -0.2) is 21.4 Å². The van der Waals surface area contributed by atoms with Gasteiger partial charge in [0.1, 0.15) is 0 Å². The van der Waals surface area contributed by atoms with E-state index in [1.54, 1.807) is 0 Å². The standard InChI is InChI=1S/C16H22N2O6S/c1-4-5-6-7-8-11(2)13-9-12(17(20)21)10-14(18(22)23)15(13)24-16(19)25-3/h9-11H,4-8H2,1-3H3. The second-order valence-electron chi connectivity index (χ2n) is 5.70. The molecule has 0 bridgehead atoms. The third-order valence-corrected chi connectivity index (χ3v) is 4.28. The van der Waals surface area contributed by atoms with Gasteiger partial charge in [-0.05, 0) is 30.4 Å². The van der Waals surface area contributed by atoms with Gasteiger partial charge in [0.05, 0.1) is 15.9 Å². The highest BCUT2D eigenvalue weighted by molar-refractivity contribution is 8.12. The zero-order valence-electron chi connectivity index (χ0n) is 14.5. The van der Waals surface area contributed by atoms with Crippen molar-refractivity contribution in [3.8, 4) is 5.75 Å². The molecule has 1 atom stereocenters. The maximum absolute atomic E-state index is 11.6. The molecule has 0 saturated heterocycles. The minimum Gasteiger partial charge on any atom is -0.411 e. The molecule has 138 valence electrons. The minimum absolute atomic E-state index is 0.196. The van der Waals surface area contributed by atoms with E-state index in [0.717, 1.165) is 43.5 Å². The number of benzene rings is 1. The Hall–Kier alpha value is -2.16. The van der Waals surface area contributed by atoms with Crippen LogP contribution in [0.25, 0.3) is 0 Å². The average molecular weight is 370 g/mol. The van der Waals surface area contributed by atoms with Gasteiger partial charge >= 0.3 is 11.0 Å². The molecule has 1 aromatic carbocycles. The van der Waals surface area contributed by atoms with Gasteiger partial charge in [0.25, 0.3) is 5.69 Å². The molecule has 1 aromatic rings. The van der Waals surface area contributed by atoms with Crippen molar-refractivity contribution in [3.63, 3.8) is 0 Å². The Labute approximate surface area is 150 Å². The Morgan fingerprint density at radius 1 is 1.20 bits per heavy atom. The van der Waals surface area contributed by atoms with Gasteiger partial charge in [-0.3, -0.25) is 20.2 Å². The second kappa shape index (κ2) is 9.97. The van der Waals surface area contributed by atoms with Gasteiger partial charge in [-0.2, -0.15) is 0 Å². The summed E-state index contributed by atoms with van der Waals surface area (Å²) < 4.78 is 5.13. The monoisotopic (exact) mass is 370 g/mol. The van der Waals surface area contributed by atoms with Crippen molar-refractivity contribution >= 4 is 28.4 Å². The molecule has 0 spiro atoms. The van der Waals surface area contributed by atoms with E-state index in [-0.39, 0.29) is 17.4 Å². The van der Waals surface area contributed by atoms with Crippen molar-refractivity contribution in [1.82, 2.24) is 0 Å². The van der Waals surface area contributed by atoms with Crippen molar-refractivity contribution < 1.29 is 19.4 Å². The molecule has 0 amide bonds. The summed E-state index contributed by atoms with van der Waals surface area (Å²) in [5.74, 6) is -0.405. The second-order valence-corrected chi connectivity index (χ2v) is 6.45. The molecular formula is C16H22N2O6S. The third kappa shape index (κ3) is 6.00. The number of carbonyl (C=O) groups excluding carboxylic acids is 1. The largest absolute Gasteiger partial charge is 0.411 e. The summed E-state index contributed by atoms with van der Waals surface area (Å²) in [5.41, 5.74) is -0.627. The van der Waals surface area contributed by atoms with Crippen molar-refractivity contribution in [2.24, 2.45) is 0 Å². The lowest BCUT2D eigenvalue weighted by molar-refractivity contribution is -0.394. The molecule has 0 aliphatic carbocycles. The maximum atomic E-state index is 11.6. The van der Waals surface area contributed by atoms with Crippen LogP contribution in [0.5, 0.6) is 5.75 Å². The Kier molecular flexibility index (Phi) is 8.33. The topological polar surface area (TPSA) is 113 Å². The van der Waals surface area contributed by atoms with E-state index in [1.165, 1.54) is 12.3 Å². The molecule has 0 aromatic heterocycles. The van der Waals surface area contributed by atoms with Crippen LogP contribution < -0.4 is 4.74 Å². The predicted octanol–water partition coefficient (Wildman–Crippen LogP) is 5.44. The highest BCUT2D eigenvalue weighted by atomic mass is 32.2. The highest BCUT2D eigenvalue weighted by Gasteiger charge is 2.29. The fraction of sp³-hybridized carbons (Fsp3) is 0.562. The number of unbranched alkanes of at least 4 members (excludes halogenated alkanes) is 3. The van der Waals surface area contributed by atoms with Gasteiger partial charge < -0.3 is 4.74 Å². The fourth-order valence-electron chi connectivity index (χ4n) is 2.50. The lowest BCUT2D eigenvalue weighted by Crippen LogP contribution is -2.08. The quantitative estimate of drug-likeness (QED) is 0.246. The smallest absolute Gasteiger partial charge is 0.372 e. The molecule has 8 nitrogen and oxygen atoms in total. The molecule has 25 heavy (non-hydrogen) atoms. The molecule has 0 N–H and O–H groups in total. The molecule has 0 heterocycles. The van der Waals surface area contributed by atoms with E-state index in [1.807, 2.05) is 6.92 Å². The Morgan fingerprint density at radius 2 is 1.88 bits per heavy atom. The minimum atomic E-state index is -0.761. The number of nitrogens with zero attached hydrogens (tertiary/aromatic N) is 2. The number of thioether (sulfide) groups is 1. The summed E-state index contributed by atoms with van der Waals surface area (Å²) in [6.07, 6.45) is 6.25. The lowest BCUT2D eigenvalue weighted by Gasteiger charge is -2.16. The lowest BCUT2D eigenvalue weighted by atomic mass is 9.93. The Bertz CT molecular complexity index is 650. The third-order valence-electron chi connectivity index (χ3n) is 3.86. The zero-order valence-corrected chi connectivity index (χ0v) is 15.3. The first-order valence-corrected chi connectivity index (χ1v) is 9.26. The van der Waals surface area contributed by atoms with Crippen molar-refractivity contribution in [1.29, 1.82) is 0 Å². The number of rotatable bonds is 9. The van der Waals surface area contributed by atoms with Gasteiger partial charge in [-0.15, -0.1) is 0 Å². The fourth-order valence-corrected chi connectivity index (χ4v) is 2.66. The van der Waals surface area contributed by atoms with Crippen LogP contribution >= 0.6 is 11.8 Å². The highest BCUT2D eigenvalue weighted by Crippen LogP contribution is 2.41. The summed E-state index contributed by atoms with van der Waals surface area (Å²) in [6.45, 7) is 3.92. The SMILES string of the molecule is CCCCCCC(C)c1cc([N+](=O)[O-])cc([N+](=O)[O-])c1OC(=O)SC. The maximum Gasteiger partial charge on any atom is 0.372 e. The van der Waals surface area contributed by atoms with Gasteiger partial charge in [-0.1, -0.05) is 39.5 Å². The van der Waals surface area contributed by atoms with Crippen LogP contribution in [0, 0.1) is 20.2 Å². The molecule has 1 rings (SSSR count). The first kappa shape index (κ1) is 20.9. The number of hydrogen-bond acceptors (Lipinski definition) is 7. The van der Waals surface area contributed by atoms with Gasteiger partial charge in [-0.25, -0.2) is 4.79 Å². The van der Waals surface area contributed by atoms with Crippen LogP contribution in [0.1, 0.15) is 57.4 Å². The van der Waals surface area contributed by atoms with Crippen molar-refractivity contribution in [2.45, 2.75) is 51.9 Å². The molecule has 1 unspecified atom stereocenters. The number of hydrogen-bond donors (Lipinski definition) is 0. The van der Waals surface area contributed by atoms with E-state index >= 15 is 0 Å². The summed E-state index contributed by atoms with van der Waals surface area (Å²) >= 11 is 0.778. The molecule has 0 saturated carbocycles. The van der Waals surface area contributed by atoms with Crippen molar-refractivity contribution in [2.75, 3.05) is 6.26 Å². The summed E-state index contributed by atoms with van der Waals surface area (Å²) in [7, 11) is 0. The number of ether oxygens (including phenoxy) is 1. The molecular weight excluding hydrogens is 348 g/mol. The van der Waals surface area contributed by atoms with Crippen molar-refractivity contribution in [3.05, 3.63) is 37.9 Å². The molecule has 0 radical (unpaired) electrons. The van der Waals surface area contributed by atoms with E-state index in [9.17, 15) is 25.0 Å². The first-order valence-electron chi connectivity index (χ1n) is 8.04. The van der Waals surface area contributed by atoms with Gasteiger partial charge in [0, 0.05) is 11.6 Å². The molecule has 9 heteroatoms. The molecule has 0 aliphatic rings. The Balaban J connectivity index is 3.30. The van der Waals surface area contributed by atoms with E-state index in [4.69, 9.17) is 4.74 Å². The molecule has 0 fully saturated rings. The summed E-state index contributed by atoms with van der Waals surface area (Å²) in [6, 6.07) is 2.09. The molecule has 0 aliphatic heterocycles. The number of non-ortho nitro benzene ring substituents is 1. The first-order chi connectivity index (χ1) is 11.8. The normalized spacial score (nSPS) is 11.8. The van der Waals surface area contributed by atoms with Gasteiger partial charge in [0.15, 0.2) is 0 Å². The predicted molar refractivity (Wildman–Crippen MR) is 96.5 cm³/mol. The van der Waals surface area contributed by atoms with E-state index < -0.39 is 20.8 Å². The zero-order chi connectivity index (χ0) is 19.0. The number of nitro benzene ring substituents is 2. The van der Waals surface area contributed by atoms with Crippen LogP contribution in [0.2, 0.25) is 0 Å². The number of carbonyl (C=O) groups is 1. The number of nitro groups is 2. The summed E-state index contributed by atoms with van der Waals surface area (Å²) in [4.78, 5) is 32.6. The van der Waals surface area contributed by atoms with Crippen LogP contribution in [0.4, 0.5) is 16.2 Å². The van der Waals surface area contributed by atoms with Crippen LogP contribution in [0.15, 0.2) is 12.1 Å². The van der Waals surface area contributed by atoms with Crippen LogP contribution in [0.3, 0.4) is 0 Å². The average Bonchev–Trinajstić information content (AvgIpc) is 2.57. The van der Waals surface area contributed by atoms with E-state index in [2.05, 4.69) is 6.92 Å². The summed E-state index contributed by atoms with van der Waals surface area (Å²) in [5, 5.41) is 21.7. The Morgan fingerprint density at radius 3 is 2.40 bits per heavy atom.